The average molecular weight is 369 g/mol. The summed E-state index contributed by atoms with van der Waals surface area (Å²) < 4.78 is 11.3. The third kappa shape index (κ3) is 5.09. The van der Waals surface area contributed by atoms with Crippen molar-refractivity contribution < 1.29 is 14.3 Å². The number of carbonyl (C=O) groups is 1. The van der Waals surface area contributed by atoms with Gasteiger partial charge in [-0.15, -0.1) is 12.4 Å². The van der Waals surface area contributed by atoms with Crippen molar-refractivity contribution in [2.75, 3.05) is 32.8 Å². The maximum atomic E-state index is 12.4. The summed E-state index contributed by atoms with van der Waals surface area (Å²) in [6.07, 6.45) is 2.59. The fourth-order valence-corrected chi connectivity index (χ4v) is 3.58. The number of aryl methyl sites for hydroxylation is 2. The number of hydrogen-bond donors (Lipinski definition) is 1. The van der Waals surface area contributed by atoms with Gasteiger partial charge in [-0.05, 0) is 43.9 Å². The van der Waals surface area contributed by atoms with Crippen LogP contribution in [0.2, 0.25) is 0 Å². The van der Waals surface area contributed by atoms with Crippen LogP contribution in [-0.4, -0.2) is 55.8 Å². The number of fused-ring (bicyclic) bond motifs is 1. The van der Waals surface area contributed by atoms with Gasteiger partial charge in [0, 0.05) is 26.1 Å². The zero-order valence-electron chi connectivity index (χ0n) is 15.1. The van der Waals surface area contributed by atoms with Gasteiger partial charge in [-0.3, -0.25) is 4.79 Å². The number of halogens is 1. The van der Waals surface area contributed by atoms with Crippen molar-refractivity contribution in [1.29, 1.82) is 0 Å². The molecule has 2 aliphatic rings. The summed E-state index contributed by atoms with van der Waals surface area (Å²) in [5.74, 6) is 1.20. The molecule has 0 radical (unpaired) electrons. The highest BCUT2D eigenvalue weighted by atomic mass is 35.5. The number of benzene rings is 1. The topological polar surface area (TPSA) is 50.8 Å². The number of hydrogen-bond acceptors (Lipinski definition) is 4. The van der Waals surface area contributed by atoms with Crippen molar-refractivity contribution >= 4 is 18.3 Å². The first-order valence-electron chi connectivity index (χ1n) is 9.02. The maximum Gasteiger partial charge on any atom is 0.222 e. The second kappa shape index (κ2) is 9.41. The summed E-state index contributed by atoms with van der Waals surface area (Å²) in [5.41, 5.74) is 2.43. The Labute approximate surface area is 156 Å². The Bertz CT molecular complexity index is 568. The summed E-state index contributed by atoms with van der Waals surface area (Å²) in [6.45, 7) is 7.91. The van der Waals surface area contributed by atoms with E-state index >= 15 is 0 Å². The van der Waals surface area contributed by atoms with Crippen molar-refractivity contribution in [2.45, 2.75) is 45.3 Å². The first-order chi connectivity index (χ1) is 11.7. The molecule has 2 saturated heterocycles. The van der Waals surface area contributed by atoms with Crippen molar-refractivity contribution in [2.24, 2.45) is 0 Å². The molecule has 0 saturated carbocycles. The second-order valence-electron chi connectivity index (χ2n) is 6.65. The standard InChI is InChI=1S/C19H28N2O3.ClH/c1-3-23-17-8-7-15(11-14(17)2)5-4-6-19(22)21-12-16-18(13-21)24-10-9-20-16;/h7-8,11,16,18,20H,3-6,9-10,12-13H2,1-2H3;1H/t16-,18-;/m0./s1. The highest BCUT2D eigenvalue weighted by Crippen LogP contribution is 2.21. The third-order valence-electron chi connectivity index (χ3n) is 4.85. The van der Waals surface area contributed by atoms with E-state index in [0.29, 0.717) is 19.1 Å². The van der Waals surface area contributed by atoms with Gasteiger partial charge in [0.2, 0.25) is 5.91 Å². The van der Waals surface area contributed by atoms with Crippen LogP contribution in [0.3, 0.4) is 0 Å². The lowest BCUT2D eigenvalue weighted by Crippen LogP contribution is -2.47. The van der Waals surface area contributed by atoms with E-state index in [1.165, 1.54) is 5.56 Å². The molecule has 6 heteroatoms. The lowest BCUT2D eigenvalue weighted by molar-refractivity contribution is -0.130. The Morgan fingerprint density at radius 2 is 2.24 bits per heavy atom. The maximum absolute atomic E-state index is 12.4. The minimum Gasteiger partial charge on any atom is -0.494 e. The smallest absolute Gasteiger partial charge is 0.222 e. The van der Waals surface area contributed by atoms with Gasteiger partial charge in [-0.1, -0.05) is 12.1 Å². The Balaban J connectivity index is 0.00000225. The molecule has 5 nitrogen and oxygen atoms in total. The summed E-state index contributed by atoms with van der Waals surface area (Å²) in [6, 6.07) is 6.61. The van der Waals surface area contributed by atoms with E-state index in [1.54, 1.807) is 0 Å². The Hall–Kier alpha value is -1.30. The molecule has 0 unspecified atom stereocenters. The molecule has 2 aliphatic heterocycles. The third-order valence-corrected chi connectivity index (χ3v) is 4.85. The van der Waals surface area contributed by atoms with Gasteiger partial charge in [-0.2, -0.15) is 0 Å². The van der Waals surface area contributed by atoms with Crippen molar-refractivity contribution in [3.63, 3.8) is 0 Å². The molecule has 140 valence electrons. The van der Waals surface area contributed by atoms with Crippen LogP contribution in [0.1, 0.15) is 30.9 Å². The van der Waals surface area contributed by atoms with Gasteiger partial charge in [0.05, 0.1) is 25.4 Å². The summed E-state index contributed by atoms with van der Waals surface area (Å²) in [4.78, 5) is 14.4. The molecule has 25 heavy (non-hydrogen) atoms. The number of nitrogens with one attached hydrogen (secondary N) is 1. The van der Waals surface area contributed by atoms with Gasteiger partial charge in [0.15, 0.2) is 0 Å². The molecule has 1 aromatic carbocycles. The van der Waals surface area contributed by atoms with Crippen molar-refractivity contribution in [3.05, 3.63) is 29.3 Å². The second-order valence-corrected chi connectivity index (χ2v) is 6.65. The zero-order valence-corrected chi connectivity index (χ0v) is 15.9. The summed E-state index contributed by atoms with van der Waals surface area (Å²) in [7, 11) is 0. The van der Waals surface area contributed by atoms with Crippen LogP contribution in [0.25, 0.3) is 0 Å². The van der Waals surface area contributed by atoms with Crippen LogP contribution in [0.4, 0.5) is 0 Å². The van der Waals surface area contributed by atoms with Crippen LogP contribution in [0, 0.1) is 6.92 Å². The Morgan fingerprint density at radius 3 is 2.96 bits per heavy atom. The fraction of sp³-hybridized carbons (Fsp3) is 0.632. The first-order valence-corrected chi connectivity index (χ1v) is 9.02. The van der Waals surface area contributed by atoms with Crippen LogP contribution in [-0.2, 0) is 16.0 Å². The molecule has 1 aromatic rings. The van der Waals surface area contributed by atoms with E-state index in [1.807, 2.05) is 17.9 Å². The van der Waals surface area contributed by atoms with E-state index in [2.05, 4.69) is 24.4 Å². The molecule has 0 aromatic heterocycles. The number of carbonyl (C=O) groups excluding carboxylic acids is 1. The van der Waals surface area contributed by atoms with Gasteiger partial charge in [-0.25, -0.2) is 0 Å². The normalized spacial score (nSPS) is 22.2. The lowest BCUT2D eigenvalue weighted by atomic mass is 10.0. The first kappa shape index (κ1) is 20.0. The van der Waals surface area contributed by atoms with E-state index in [9.17, 15) is 4.79 Å². The van der Waals surface area contributed by atoms with E-state index in [0.717, 1.165) is 50.4 Å². The van der Waals surface area contributed by atoms with E-state index in [4.69, 9.17) is 9.47 Å². The number of nitrogens with zero attached hydrogens (tertiary/aromatic N) is 1. The minimum atomic E-state index is 0. The van der Waals surface area contributed by atoms with Crippen LogP contribution in [0.5, 0.6) is 5.75 Å². The van der Waals surface area contributed by atoms with Crippen LogP contribution in [0.15, 0.2) is 18.2 Å². The molecule has 2 atom stereocenters. The predicted molar refractivity (Wildman–Crippen MR) is 101 cm³/mol. The SMILES string of the molecule is CCOc1ccc(CCCC(=O)N2C[C@@H]3NCCO[C@H]3C2)cc1C.Cl. The number of rotatable bonds is 6. The number of ether oxygens (including phenoxy) is 2. The van der Waals surface area contributed by atoms with Gasteiger partial charge in [0.25, 0.3) is 0 Å². The molecule has 0 bridgehead atoms. The zero-order chi connectivity index (χ0) is 16.9. The molecule has 1 amide bonds. The molecule has 2 heterocycles. The number of morpholine rings is 1. The summed E-state index contributed by atoms with van der Waals surface area (Å²) >= 11 is 0. The molecular formula is C19H29ClN2O3. The monoisotopic (exact) mass is 368 g/mol. The molecular weight excluding hydrogens is 340 g/mol. The predicted octanol–water partition coefficient (Wildman–Crippen LogP) is 2.34. The Morgan fingerprint density at radius 1 is 1.40 bits per heavy atom. The largest absolute Gasteiger partial charge is 0.494 e. The molecule has 1 N–H and O–H groups in total. The Kier molecular flexibility index (Phi) is 7.54. The van der Waals surface area contributed by atoms with Gasteiger partial charge in [0.1, 0.15) is 5.75 Å². The lowest BCUT2D eigenvalue weighted by Gasteiger charge is -2.25. The highest BCUT2D eigenvalue weighted by molar-refractivity contribution is 5.85. The van der Waals surface area contributed by atoms with Gasteiger partial charge < -0.3 is 19.7 Å². The molecule has 0 spiro atoms. The molecule has 3 rings (SSSR count). The van der Waals surface area contributed by atoms with E-state index < -0.39 is 0 Å². The van der Waals surface area contributed by atoms with Crippen molar-refractivity contribution in [1.82, 2.24) is 10.2 Å². The molecule has 2 fully saturated rings. The van der Waals surface area contributed by atoms with Gasteiger partial charge >= 0.3 is 0 Å². The molecule has 0 aliphatic carbocycles. The number of likely N-dealkylation sites (tertiary alicyclic amines) is 1. The highest BCUT2D eigenvalue weighted by Gasteiger charge is 2.37. The number of amides is 1. The quantitative estimate of drug-likeness (QED) is 0.837. The summed E-state index contributed by atoms with van der Waals surface area (Å²) in [5, 5.41) is 3.44. The van der Waals surface area contributed by atoms with E-state index in [-0.39, 0.29) is 24.4 Å². The minimum absolute atomic E-state index is 0. The van der Waals surface area contributed by atoms with Crippen LogP contribution >= 0.6 is 12.4 Å². The van der Waals surface area contributed by atoms with Crippen molar-refractivity contribution in [3.8, 4) is 5.75 Å². The fourth-order valence-electron chi connectivity index (χ4n) is 3.58. The average Bonchev–Trinajstić information content (AvgIpc) is 3.01. The van der Waals surface area contributed by atoms with Crippen LogP contribution < -0.4 is 10.1 Å².